The van der Waals surface area contributed by atoms with Crippen LogP contribution in [0, 0.1) is 0 Å². The third-order valence-corrected chi connectivity index (χ3v) is 6.10. The van der Waals surface area contributed by atoms with Gasteiger partial charge in [-0.15, -0.1) is 24.8 Å². The van der Waals surface area contributed by atoms with E-state index < -0.39 is 0 Å². The highest BCUT2D eigenvalue weighted by atomic mass is 79.9. The van der Waals surface area contributed by atoms with E-state index >= 15 is 0 Å². The highest BCUT2D eigenvalue weighted by Crippen LogP contribution is 2.37. The molecule has 2 atom stereocenters. The number of nitrogens with one attached hydrogen (secondary N) is 1. The molecular weight excluding hydrogens is 543 g/mol. The molecule has 4 rings (SSSR count). The van der Waals surface area contributed by atoms with Crippen LogP contribution in [0.2, 0.25) is 0 Å². The molecular formula is C21H26Br2Cl2N2O2. The van der Waals surface area contributed by atoms with Crippen LogP contribution in [0.3, 0.4) is 0 Å². The van der Waals surface area contributed by atoms with Crippen LogP contribution in [0.25, 0.3) is 0 Å². The molecule has 0 bridgehead atoms. The maximum absolute atomic E-state index is 6.50. The minimum atomic E-state index is 0. The van der Waals surface area contributed by atoms with Crippen molar-refractivity contribution >= 4 is 56.7 Å². The quantitative estimate of drug-likeness (QED) is 0.538. The van der Waals surface area contributed by atoms with Crippen molar-refractivity contribution in [2.75, 3.05) is 32.8 Å². The molecule has 2 heterocycles. The van der Waals surface area contributed by atoms with Crippen LogP contribution in [0.1, 0.15) is 23.6 Å². The van der Waals surface area contributed by atoms with Gasteiger partial charge in [0.2, 0.25) is 0 Å². The molecule has 2 aromatic carbocycles. The third kappa shape index (κ3) is 6.33. The monoisotopic (exact) mass is 566 g/mol. The highest BCUT2D eigenvalue weighted by molar-refractivity contribution is 9.11. The Hall–Kier alpha value is -0.340. The van der Waals surface area contributed by atoms with Crippen LogP contribution < -0.4 is 10.1 Å². The number of para-hydroxylation sites is 1. The van der Waals surface area contributed by atoms with Crippen LogP contribution in [-0.4, -0.2) is 43.8 Å². The summed E-state index contributed by atoms with van der Waals surface area (Å²) in [5.74, 6) is 0.998. The molecule has 160 valence electrons. The van der Waals surface area contributed by atoms with E-state index in [1.54, 1.807) is 0 Å². The van der Waals surface area contributed by atoms with Crippen molar-refractivity contribution < 1.29 is 9.47 Å². The van der Waals surface area contributed by atoms with E-state index in [9.17, 15) is 0 Å². The van der Waals surface area contributed by atoms with E-state index in [2.05, 4.69) is 72.4 Å². The van der Waals surface area contributed by atoms with Gasteiger partial charge in [0.15, 0.2) is 0 Å². The van der Waals surface area contributed by atoms with E-state index in [-0.39, 0.29) is 37.0 Å². The van der Waals surface area contributed by atoms with E-state index in [1.807, 2.05) is 12.1 Å². The molecule has 2 aliphatic heterocycles. The number of ether oxygens (including phenoxy) is 2. The topological polar surface area (TPSA) is 33.7 Å². The predicted octanol–water partition coefficient (Wildman–Crippen LogP) is 5.37. The number of piperazine rings is 1. The summed E-state index contributed by atoms with van der Waals surface area (Å²) in [4.78, 5) is 2.55. The van der Waals surface area contributed by atoms with Crippen molar-refractivity contribution in [3.05, 3.63) is 62.5 Å². The average Bonchev–Trinajstić information content (AvgIpc) is 2.85. The molecule has 2 aromatic rings. The normalized spacial score (nSPS) is 21.7. The summed E-state index contributed by atoms with van der Waals surface area (Å²) < 4.78 is 14.7. The summed E-state index contributed by atoms with van der Waals surface area (Å²) in [6, 6.07) is 14.9. The van der Waals surface area contributed by atoms with Crippen LogP contribution in [0.4, 0.5) is 0 Å². The van der Waals surface area contributed by atoms with E-state index in [4.69, 9.17) is 9.47 Å². The molecule has 0 aromatic heterocycles. The van der Waals surface area contributed by atoms with Crippen LogP contribution in [0.15, 0.2) is 51.4 Å². The maximum Gasteiger partial charge on any atom is 0.124 e. The summed E-state index contributed by atoms with van der Waals surface area (Å²) in [6.07, 6.45) is 0.989. The Morgan fingerprint density at radius 1 is 1.03 bits per heavy atom. The Morgan fingerprint density at radius 3 is 2.45 bits per heavy atom. The lowest BCUT2D eigenvalue weighted by Gasteiger charge is -2.38. The molecule has 2 aliphatic rings. The maximum atomic E-state index is 6.50. The van der Waals surface area contributed by atoms with E-state index in [1.165, 1.54) is 5.56 Å². The van der Waals surface area contributed by atoms with Crippen molar-refractivity contribution in [1.82, 2.24) is 10.2 Å². The number of hydrogen-bond donors (Lipinski definition) is 1. The zero-order valence-electron chi connectivity index (χ0n) is 16.0. The van der Waals surface area contributed by atoms with Gasteiger partial charge >= 0.3 is 0 Å². The second-order valence-corrected chi connectivity index (χ2v) is 8.86. The Morgan fingerprint density at radius 2 is 1.72 bits per heavy atom. The van der Waals surface area contributed by atoms with Gasteiger partial charge in [-0.2, -0.15) is 0 Å². The molecule has 1 fully saturated rings. The fourth-order valence-electron chi connectivity index (χ4n) is 3.96. The lowest BCUT2D eigenvalue weighted by Crippen LogP contribution is -2.48. The van der Waals surface area contributed by atoms with Crippen molar-refractivity contribution in [3.8, 4) is 5.75 Å². The lowest BCUT2D eigenvalue weighted by atomic mass is 9.96. The standard InChI is InChI=1S/C21H24Br2N2O2.2ClH/c22-16-11-15(12-17(23)13-16)14-27-20-5-10-26-19-4-2-1-3-18(19)21(20)25-8-6-24-7-9-25;;/h1-4,11-13,20-21,24H,5-10,14H2;2*1H/t20-,21+;;/m1../s1. The van der Waals surface area contributed by atoms with Gasteiger partial charge in [-0.25, -0.2) is 0 Å². The number of halogens is 4. The van der Waals surface area contributed by atoms with Crippen molar-refractivity contribution in [2.24, 2.45) is 0 Å². The third-order valence-electron chi connectivity index (χ3n) is 5.18. The molecule has 4 nitrogen and oxygen atoms in total. The molecule has 8 heteroatoms. The Balaban J connectivity index is 0.00000150. The van der Waals surface area contributed by atoms with Gasteiger partial charge in [0.25, 0.3) is 0 Å². The summed E-state index contributed by atoms with van der Waals surface area (Å²) in [7, 11) is 0. The number of rotatable bonds is 4. The molecule has 0 aliphatic carbocycles. The first-order valence-electron chi connectivity index (χ1n) is 9.44. The van der Waals surface area contributed by atoms with Crippen LogP contribution in [0.5, 0.6) is 5.75 Å². The first-order chi connectivity index (χ1) is 13.2. The summed E-state index contributed by atoms with van der Waals surface area (Å²) in [5, 5.41) is 3.45. The van der Waals surface area contributed by atoms with Crippen molar-refractivity contribution in [3.63, 3.8) is 0 Å². The molecule has 0 unspecified atom stereocenters. The fourth-order valence-corrected chi connectivity index (χ4v) is 5.35. The average molecular weight is 569 g/mol. The van der Waals surface area contributed by atoms with Crippen molar-refractivity contribution in [1.29, 1.82) is 0 Å². The number of benzene rings is 2. The Bertz CT molecular complexity index is 771. The number of fused-ring (bicyclic) bond motifs is 1. The van der Waals surface area contributed by atoms with Crippen LogP contribution >= 0.6 is 56.7 Å². The Kier molecular flexibility index (Phi) is 10.2. The molecule has 0 radical (unpaired) electrons. The number of hydrogen-bond acceptors (Lipinski definition) is 4. The van der Waals surface area contributed by atoms with Gasteiger partial charge in [-0.05, 0) is 29.8 Å². The molecule has 29 heavy (non-hydrogen) atoms. The first kappa shape index (κ1) is 24.9. The van der Waals surface area contributed by atoms with Gasteiger partial charge in [-0.1, -0.05) is 50.1 Å². The molecule has 0 spiro atoms. The molecule has 1 saturated heterocycles. The predicted molar refractivity (Wildman–Crippen MR) is 129 cm³/mol. The first-order valence-corrected chi connectivity index (χ1v) is 11.0. The second kappa shape index (κ2) is 11.9. The largest absolute Gasteiger partial charge is 0.493 e. The second-order valence-electron chi connectivity index (χ2n) is 7.03. The molecule has 0 amide bonds. The highest BCUT2D eigenvalue weighted by Gasteiger charge is 2.34. The van der Waals surface area contributed by atoms with Gasteiger partial charge < -0.3 is 14.8 Å². The zero-order chi connectivity index (χ0) is 18.6. The number of nitrogens with zero attached hydrogens (tertiary/aromatic N) is 1. The minimum absolute atomic E-state index is 0. The van der Waals surface area contributed by atoms with Gasteiger partial charge in [0, 0.05) is 47.1 Å². The zero-order valence-corrected chi connectivity index (χ0v) is 20.8. The van der Waals surface area contributed by atoms with Gasteiger partial charge in [-0.3, -0.25) is 4.90 Å². The van der Waals surface area contributed by atoms with Gasteiger partial charge in [0.05, 0.1) is 25.4 Å². The molecule has 0 saturated carbocycles. The van der Waals surface area contributed by atoms with E-state index in [0.717, 1.165) is 52.9 Å². The van der Waals surface area contributed by atoms with Crippen molar-refractivity contribution in [2.45, 2.75) is 25.2 Å². The van der Waals surface area contributed by atoms with E-state index in [0.29, 0.717) is 13.2 Å². The molecule has 1 N–H and O–H groups in total. The van der Waals surface area contributed by atoms with Gasteiger partial charge in [0.1, 0.15) is 5.75 Å². The Labute approximate surface area is 201 Å². The summed E-state index contributed by atoms with van der Waals surface area (Å²) in [6.45, 7) is 5.37. The fraction of sp³-hybridized carbons (Fsp3) is 0.429. The minimum Gasteiger partial charge on any atom is -0.493 e. The van der Waals surface area contributed by atoms with Crippen LogP contribution in [-0.2, 0) is 11.3 Å². The summed E-state index contributed by atoms with van der Waals surface area (Å²) in [5.41, 5.74) is 2.41. The lowest BCUT2D eigenvalue weighted by molar-refractivity contribution is -0.0331. The smallest absolute Gasteiger partial charge is 0.124 e. The SMILES string of the molecule is Brc1cc(Br)cc(CO[C@@H]2CCOc3ccccc3[C@@H]2N2CCNCC2)c1.Cl.Cl. The summed E-state index contributed by atoms with van der Waals surface area (Å²) >= 11 is 7.13.